The average molecular weight is 451 g/mol. The van der Waals surface area contributed by atoms with E-state index in [1.165, 1.54) is 12.4 Å². The van der Waals surface area contributed by atoms with Crippen molar-refractivity contribution in [3.05, 3.63) is 48.5 Å². The topological polar surface area (TPSA) is 117 Å². The lowest BCUT2D eigenvalue weighted by Gasteiger charge is -2.26. The van der Waals surface area contributed by atoms with E-state index in [0.717, 1.165) is 12.1 Å². The Kier molecular flexibility index (Phi) is 6.42. The number of nitrogens with zero attached hydrogens (tertiary/aromatic N) is 5. The predicted molar refractivity (Wildman–Crippen MR) is 104 cm³/mol. The first-order chi connectivity index (χ1) is 15.1. The number of carbonyl (C=O) groups excluding carboxylic acids is 2. The Morgan fingerprint density at radius 1 is 1.19 bits per heavy atom. The van der Waals surface area contributed by atoms with Crippen LogP contribution in [0.2, 0.25) is 0 Å². The van der Waals surface area contributed by atoms with E-state index in [2.05, 4.69) is 22.1 Å². The Morgan fingerprint density at radius 2 is 1.91 bits per heavy atom. The molecule has 12 heteroatoms. The fourth-order valence-electron chi connectivity index (χ4n) is 3.97. The molecule has 2 aliphatic rings. The van der Waals surface area contributed by atoms with Gasteiger partial charge in [0, 0.05) is 25.8 Å². The van der Waals surface area contributed by atoms with Crippen molar-refractivity contribution in [3.63, 3.8) is 0 Å². The van der Waals surface area contributed by atoms with Gasteiger partial charge in [0.25, 0.3) is 5.91 Å². The van der Waals surface area contributed by atoms with Crippen LogP contribution in [0, 0.1) is 11.3 Å². The van der Waals surface area contributed by atoms with Crippen LogP contribution < -0.4 is 4.90 Å². The number of carbonyl (C=O) groups is 3. The summed E-state index contributed by atoms with van der Waals surface area (Å²) in [6.07, 6.45) is 2.05. The Hall–Kier alpha value is -3.57. The number of hydrogen-bond acceptors (Lipinski definition) is 6. The molecule has 0 aromatic carbocycles. The second-order valence-electron chi connectivity index (χ2n) is 7.59. The van der Waals surface area contributed by atoms with Gasteiger partial charge in [-0.15, -0.1) is 0 Å². The summed E-state index contributed by atoms with van der Waals surface area (Å²) in [5, 5.41) is 14.6. The van der Waals surface area contributed by atoms with Crippen molar-refractivity contribution in [1.29, 1.82) is 0 Å². The number of carboxylic acid groups (broad SMARTS) is 1. The van der Waals surface area contributed by atoms with Gasteiger partial charge < -0.3 is 14.9 Å². The maximum absolute atomic E-state index is 13.2. The van der Waals surface area contributed by atoms with E-state index >= 15 is 0 Å². The molecule has 2 aliphatic heterocycles. The molecule has 2 fully saturated rings. The molecular weight excluding hydrogens is 431 g/mol. The minimum atomic E-state index is -5.08. The van der Waals surface area contributed by atoms with Crippen molar-refractivity contribution in [2.24, 2.45) is 11.3 Å². The first kappa shape index (κ1) is 23.1. The quantitative estimate of drug-likeness (QED) is 0.743. The number of aliphatic carboxylic acids is 1. The molecule has 2 saturated heterocycles. The van der Waals surface area contributed by atoms with E-state index in [4.69, 9.17) is 9.90 Å². The molecule has 0 aliphatic carbocycles. The lowest BCUT2D eigenvalue weighted by Crippen LogP contribution is -2.40. The van der Waals surface area contributed by atoms with Crippen LogP contribution in [0.1, 0.15) is 23.7 Å². The van der Waals surface area contributed by atoms with Crippen LogP contribution in [0.4, 0.5) is 18.9 Å². The molecule has 2 amide bonds. The van der Waals surface area contributed by atoms with Crippen molar-refractivity contribution in [1.82, 2.24) is 20.1 Å². The fourth-order valence-corrected chi connectivity index (χ4v) is 3.97. The lowest BCUT2D eigenvalue weighted by atomic mass is 9.78. The Bertz CT molecular complexity index is 990. The number of hydrogen-bond donors (Lipinski definition) is 1. The minimum Gasteiger partial charge on any atom is -0.475 e. The van der Waals surface area contributed by atoms with E-state index < -0.39 is 17.6 Å². The molecule has 4 rings (SSSR count). The first-order valence-corrected chi connectivity index (χ1v) is 9.64. The first-order valence-electron chi connectivity index (χ1n) is 9.64. The molecule has 2 aromatic rings. The van der Waals surface area contributed by atoms with Gasteiger partial charge >= 0.3 is 12.1 Å². The van der Waals surface area contributed by atoms with Crippen molar-refractivity contribution in [3.8, 4) is 0 Å². The number of rotatable bonds is 2. The number of likely N-dealkylation sites (tertiary alicyclic amines) is 1. The summed E-state index contributed by atoms with van der Waals surface area (Å²) in [4.78, 5) is 42.5. The summed E-state index contributed by atoms with van der Waals surface area (Å²) >= 11 is 0. The average Bonchev–Trinajstić information content (AvgIpc) is 3.29. The van der Waals surface area contributed by atoms with Gasteiger partial charge in [0.15, 0.2) is 0 Å². The molecule has 1 spiro atoms. The van der Waals surface area contributed by atoms with E-state index in [1.54, 1.807) is 28.3 Å². The molecule has 2 atom stereocenters. The van der Waals surface area contributed by atoms with Crippen LogP contribution >= 0.6 is 0 Å². The van der Waals surface area contributed by atoms with Gasteiger partial charge in [-0.1, -0.05) is 6.92 Å². The third-order valence-corrected chi connectivity index (χ3v) is 5.68. The van der Waals surface area contributed by atoms with Crippen molar-refractivity contribution >= 4 is 23.5 Å². The summed E-state index contributed by atoms with van der Waals surface area (Å²) in [5.41, 5.74) is 0.819. The zero-order valence-electron chi connectivity index (χ0n) is 17.0. The third-order valence-electron chi connectivity index (χ3n) is 5.68. The number of pyridine rings is 1. The standard InChI is InChI=1S/C18H19N5O2.C2HF3O2/c1-13-11-22(16(24)14-4-7-20-21-9-14)12-18(13)5-8-23(17(18)25)15-3-2-6-19-10-15;3-2(4,5)1(6)7/h2-4,6-7,9-10,13H,5,8,11-12H2,1H3;(H,6,7)/t13-,18-;/m0./s1. The van der Waals surface area contributed by atoms with Gasteiger partial charge in [-0.05, 0) is 30.5 Å². The maximum Gasteiger partial charge on any atom is 0.490 e. The second kappa shape index (κ2) is 8.89. The van der Waals surface area contributed by atoms with Crippen LogP contribution in [0.5, 0.6) is 0 Å². The highest BCUT2D eigenvalue weighted by Crippen LogP contribution is 2.46. The van der Waals surface area contributed by atoms with Gasteiger partial charge in [0.05, 0.1) is 35.3 Å². The van der Waals surface area contributed by atoms with Crippen LogP contribution in [-0.4, -0.2) is 68.8 Å². The number of aromatic nitrogens is 3. The number of anilines is 1. The lowest BCUT2D eigenvalue weighted by molar-refractivity contribution is -0.192. The van der Waals surface area contributed by atoms with Crippen LogP contribution in [0.25, 0.3) is 0 Å². The smallest absolute Gasteiger partial charge is 0.475 e. The molecule has 2 aromatic heterocycles. The maximum atomic E-state index is 13.2. The van der Waals surface area contributed by atoms with E-state index in [9.17, 15) is 22.8 Å². The summed E-state index contributed by atoms with van der Waals surface area (Å²) < 4.78 is 31.7. The summed E-state index contributed by atoms with van der Waals surface area (Å²) in [7, 11) is 0. The van der Waals surface area contributed by atoms with Crippen molar-refractivity contribution in [2.45, 2.75) is 19.5 Å². The predicted octanol–water partition coefficient (Wildman–Crippen LogP) is 2.02. The molecule has 1 N–H and O–H groups in total. The fraction of sp³-hybridized carbons (Fsp3) is 0.400. The Morgan fingerprint density at radius 3 is 2.47 bits per heavy atom. The van der Waals surface area contributed by atoms with Gasteiger partial charge in [-0.25, -0.2) is 4.79 Å². The summed E-state index contributed by atoms with van der Waals surface area (Å²) in [6.45, 7) is 3.75. The van der Waals surface area contributed by atoms with Gasteiger partial charge in [-0.2, -0.15) is 23.4 Å². The highest BCUT2D eigenvalue weighted by atomic mass is 19.4. The highest BCUT2D eigenvalue weighted by molar-refractivity contribution is 6.01. The van der Waals surface area contributed by atoms with Crippen LogP contribution in [0.15, 0.2) is 43.0 Å². The molecule has 0 unspecified atom stereocenters. The van der Waals surface area contributed by atoms with Crippen molar-refractivity contribution in [2.75, 3.05) is 24.5 Å². The van der Waals surface area contributed by atoms with E-state index in [-0.39, 0.29) is 17.7 Å². The van der Waals surface area contributed by atoms with Crippen molar-refractivity contribution < 1.29 is 32.7 Å². The molecular formula is C20H20F3N5O4. The molecule has 170 valence electrons. The number of alkyl halides is 3. The third kappa shape index (κ3) is 4.53. The largest absolute Gasteiger partial charge is 0.490 e. The molecule has 0 saturated carbocycles. The Labute approximate surface area is 180 Å². The monoisotopic (exact) mass is 451 g/mol. The normalized spacial score (nSPS) is 22.6. The number of carboxylic acids is 1. The Balaban J connectivity index is 0.000000360. The summed E-state index contributed by atoms with van der Waals surface area (Å²) in [6, 6.07) is 5.39. The van der Waals surface area contributed by atoms with Crippen LogP contribution in [-0.2, 0) is 9.59 Å². The highest BCUT2D eigenvalue weighted by Gasteiger charge is 2.56. The molecule has 32 heavy (non-hydrogen) atoms. The zero-order valence-corrected chi connectivity index (χ0v) is 17.0. The second-order valence-corrected chi connectivity index (χ2v) is 7.59. The SMILES string of the molecule is C[C@H]1CN(C(=O)c2ccnnc2)C[C@@]12CCN(c1cccnc1)C2=O.O=C(O)C(F)(F)F. The molecule has 4 heterocycles. The zero-order chi connectivity index (χ0) is 23.5. The minimum absolute atomic E-state index is 0.0914. The van der Waals surface area contributed by atoms with Gasteiger partial charge in [0.1, 0.15) is 0 Å². The summed E-state index contributed by atoms with van der Waals surface area (Å²) in [5.74, 6) is -2.64. The van der Waals surface area contributed by atoms with Gasteiger partial charge in [-0.3, -0.25) is 14.6 Å². The van der Waals surface area contributed by atoms with Crippen LogP contribution in [0.3, 0.4) is 0 Å². The number of amides is 2. The van der Waals surface area contributed by atoms with Gasteiger partial charge in [0.2, 0.25) is 5.91 Å². The van der Waals surface area contributed by atoms with E-state index in [0.29, 0.717) is 25.2 Å². The molecule has 0 bridgehead atoms. The molecule has 9 nitrogen and oxygen atoms in total. The number of halogens is 3. The molecule has 0 radical (unpaired) electrons. The van der Waals surface area contributed by atoms with E-state index in [1.807, 2.05) is 12.1 Å².